The molecule has 0 aliphatic heterocycles. The zero-order valence-corrected chi connectivity index (χ0v) is 12.4. The lowest BCUT2D eigenvalue weighted by Crippen LogP contribution is -2.05. The highest BCUT2D eigenvalue weighted by Gasteiger charge is 2.07. The van der Waals surface area contributed by atoms with E-state index in [0.717, 1.165) is 21.3 Å². The number of hydrogen-bond donors (Lipinski definition) is 1. The Morgan fingerprint density at radius 1 is 1.16 bits per heavy atom. The Labute approximate surface area is 122 Å². The molecule has 0 aliphatic rings. The number of aryl methyl sites for hydroxylation is 1. The van der Waals surface area contributed by atoms with E-state index in [1.807, 2.05) is 55.5 Å². The van der Waals surface area contributed by atoms with E-state index in [1.54, 1.807) is 0 Å². The predicted molar refractivity (Wildman–Crippen MR) is 80.4 cm³/mol. The average molecular weight is 321 g/mol. The Morgan fingerprint density at radius 2 is 1.89 bits per heavy atom. The maximum absolute atomic E-state index is 10.0. The fourth-order valence-corrected chi connectivity index (χ4v) is 2.08. The van der Waals surface area contributed by atoms with Crippen molar-refractivity contribution in [3.8, 4) is 5.75 Å². The molecule has 0 unspecified atom stereocenters. The summed E-state index contributed by atoms with van der Waals surface area (Å²) in [4.78, 5) is 0. The van der Waals surface area contributed by atoms with Gasteiger partial charge in [0, 0.05) is 10.9 Å². The molecule has 0 spiro atoms. The highest BCUT2D eigenvalue weighted by atomic mass is 79.9. The summed E-state index contributed by atoms with van der Waals surface area (Å²) in [7, 11) is 0. The summed E-state index contributed by atoms with van der Waals surface area (Å²) in [6.07, 6.45) is 0.108. The van der Waals surface area contributed by atoms with Crippen molar-refractivity contribution in [1.82, 2.24) is 0 Å². The van der Waals surface area contributed by atoms with Crippen LogP contribution in [0.4, 0.5) is 0 Å². The van der Waals surface area contributed by atoms with Gasteiger partial charge in [-0.1, -0.05) is 46.3 Å². The molecule has 19 heavy (non-hydrogen) atoms. The third-order valence-corrected chi connectivity index (χ3v) is 3.86. The quantitative estimate of drug-likeness (QED) is 0.891. The normalized spacial score (nSPS) is 12.2. The monoisotopic (exact) mass is 320 g/mol. The molecule has 3 heteroatoms. The van der Waals surface area contributed by atoms with Crippen LogP contribution in [0, 0.1) is 6.92 Å². The fourth-order valence-electron chi connectivity index (χ4n) is 1.84. The number of ether oxygens (including phenoxy) is 1. The van der Waals surface area contributed by atoms with Gasteiger partial charge in [-0.05, 0) is 36.2 Å². The summed E-state index contributed by atoms with van der Waals surface area (Å²) in [6, 6.07) is 15.5. The summed E-state index contributed by atoms with van der Waals surface area (Å²) in [5, 5.41) is 10.0. The van der Waals surface area contributed by atoms with E-state index in [4.69, 9.17) is 4.74 Å². The van der Waals surface area contributed by atoms with Crippen LogP contribution in [0.3, 0.4) is 0 Å². The summed E-state index contributed by atoms with van der Waals surface area (Å²) < 4.78 is 6.73. The maximum Gasteiger partial charge on any atom is 0.119 e. The molecule has 0 saturated carbocycles. The zero-order chi connectivity index (χ0) is 13.7. The largest absolute Gasteiger partial charge is 0.493 e. The van der Waals surface area contributed by atoms with Crippen molar-refractivity contribution in [1.29, 1.82) is 0 Å². The van der Waals surface area contributed by atoms with E-state index in [9.17, 15) is 5.11 Å². The molecule has 2 aromatic rings. The van der Waals surface area contributed by atoms with Gasteiger partial charge in [0.1, 0.15) is 5.75 Å². The van der Waals surface area contributed by atoms with Gasteiger partial charge in [0.25, 0.3) is 0 Å². The van der Waals surface area contributed by atoms with Gasteiger partial charge in [-0.3, -0.25) is 0 Å². The molecule has 0 heterocycles. The van der Waals surface area contributed by atoms with Gasteiger partial charge in [-0.15, -0.1) is 0 Å². The van der Waals surface area contributed by atoms with Crippen molar-refractivity contribution in [3.63, 3.8) is 0 Å². The standard InChI is InChI=1S/C16H17BrO2/c1-12-11-14(7-8-15(12)17)19-10-9-16(18)13-5-3-2-4-6-13/h2-8,11,16,18H,9-10H2,1H3/t16-/m1/s1. The van der Waals surface area contributed by atoms with Gasteiger partial charge < -0.3 is 9.84 Å². The van der Waals surface area contributed by atoms with E-state index in [1.165, 1.54) is 0 Å². The molecule has 0 amide bonds. The topological polar surface area (TPSA) is 29.5 Å². The minimum Gasteiger partial charge on any atom is -0.493 e. The van der Waals surface area contributed by atoms with E-state index in [2.05, 4.69) is 15.9 Å². The molecule has 2 rings (SSSR count). The lowest BCUT2D eigenvalue weighted by atomic mass is 10.1. The van der Waals surface area contributed by atoms with E-state index in [0.29, 0.717) is 13.0 Å². The molecule has 0 saturated heterocycles. The molecule has 1 atom stereocenters. The van der Waals surface area contributed by atoms with Gasteiger partial charge in [0.15, 0.2) is 0 Å². The second-order valence-electron chi connectivity index (χ2n) is 4.47. The average Bonchev–Trinajstić information content (AvgIpc) is 2.43. The molecule has 0 radical (unpaired) electrons. The van der Waals surface area contributed by atoms with Crippen LogP contribution in [-0.4, -0.2) is 11.7 Å². The van der Waals surface area contributed by atoms with E-state index < -0.39 is 6.10 Å². The number of aliphatic hydroxyl groups excluding tert-OH is 1. The Hall–Kier alpha value is -1.32. The highest BCUT2D eigenvalue weighted by Crippen LogP contribution is 2.22. The number of aliphatic hydroxyl groups is 1. The molecule has 2 aromatic carbocycles. The smallest absolute Gasteiger partial charge is 0.119 e. The molecular weight excluding hydrogens is 304 g/mol. The second-order valence-corrected chi connectivity index (χ2v) is 5.33. The molecule has 0 fully saturated rings. The predicted octanol–water partition coefficient (Wildman–Crippen LogP) is 4.26. The molecular formula is C16H17BrO2. The van der Waals surface area contributed by atoms with Crippen LogP contribution in [-0.2, 0) is 0 Å². The van der Waals surface area contributed by atoms with Crippen LogP contribution in [0.2, 0.25) is 0 Å². The number of rotatable bonds is 5. The summed E-state index contributed by atoms with van der Waals surface area (Å²) in [6.45, 7) is 2.52. The van der Waals surface area contributed by atoms with Crippen LogP contribution in [0.15, 0.2) is 53.0 Å². The lowest BCUT2D eigenvalue weighted by Gasteiger charge is -2.12. The maximum atomic E-state index is 10.0. The first-order valence-electron chi connectivity index (χ1n) is 6.29. The molecule has 100 valence electrons. The van der Waals surface area contributed by atoms with Crippen molar-refractivity contribution in [3.05, 3.63) is 64.1 Å². The first-order valence-corrected chi connectivity index (χ1v) is 7.08. The van der Waals surface area contributed by atoms with Crippen molar-refractivity contribution in [2.75, 3.05) is 6.61 Å². The zero-order valence-electron chi connectivity index (χ0n) is 10.8. The van der Waals surface area contributed by atoms with Gasteiger partial charge in [0.2, 0.25) is 0 Å². The fraction of sp³-hybridized carbons (Fsp3) is 0.250. The third-order valence-electron chi connectivity index (χ3n) is 2.97. The van der Waals surface area contributed by atoms with Gasteiger partial charge in [-0.25, -0.2) is 0 Å². The van der Waals surface area contributed by atoms with E-state index in [-0.39, 0.29) is 0 Å². The molecule has 0 aliphatic carbocycles. The number of halogens is 1. The van der Waals surface area contributed by atoms with Crippen LogP contribution in [0.1, 0.15) is 23.7 Å². The van der Waals surface area contributed by atoms with Crippen molar-refractivity contribution in [2.45, 2.75) is 19.4 Å². The summed E-state index contributed by atoms with van der Waals surface area (Å²) in [5.41, 5.74) is 2.07. The first-order chi connectivity index (χ1) is 9.16. The van der Waals surface area contributed by atoms with Crippen LogP contribution >= 0.6 is 15.9 Å². The Morgan fingerprint density at radius 3 is 2.58 bits per heavy atom. The van der Waals surface area contributed by atoms with Crippen molar-refractivity contribution >= 4 is 15.9 Å². The minimum atomic E-state index is -0.474. The van der Waals surface area contributed by atoms with E-state index >= 15 is 0 Å². The van der Waals surface area contributed by atoms with Crippen molar-refractivity contribution < 1.29 is 9.84 Å². The Balaban J connectivity index is 1.85. The van der Waals surface area contributed by atoms with Crippen LogP contribution in [0.5, 0.6) is 5.75 Å². The highest BCUT2D eigenvalue weighted by molar-refractivity contribution is 9.10. The summed E-state index contributed by atoms with van der Waals surface area (Å²) in [5.74, 6) is 0.834. The summed E-state index contributed by atoms with van der Waals surface area (Å²) >= 11 is 3.46. The Bertz CT molecular complexity index is 526. The minimum absolute atomic E-state index is 0.474. The first kappa shape index (κ1) is 14.1. The lowest BCUT2D eigenvalue weighted by molar-refractivity contribution is 0.141. The van der Waals surface area contributed by atoms with Gasteiger partial charge in [-0.2, -0.15) is 0 Å². The van der Waals surface area contributed by atoms with Crippen molar-refractivity contribution in [2.24, 2.45) is 0 Å². The van der Waals surface area contributed by atoms with Gasteiger partial charge >= 0.3 is 0 Å². The Kier molecular flexibility index (Phi) is 5.00. The second kappa shape index (κ2) is 6.73. The SMILES string of the molecule is Cc1cc(OCC[C@@H](O)c2ccccc2)ccc1Br. The molecule has 1 N–H and O–H groups in total. The van der Waals surface area contributed by atoms with Crippen LogP contribution < -0.4 is 4.74 Å². The molecule has 0 bridgehead atoms. The molecule has 0 aromatic heterocycles. The molecule has 2 nitrogen and oxygen atoms in total. The third kappa shape index (κ3) is 4.08. The van der Waals surface area contributed by atoms with Gasteiger partial charge in [0.05, 0.1) is 12.7 Å². The number of hydrogen-bond acceptors (Lipinski definition) is 2. The number of benzene rings is 2. The van der Waals surface area contributed by atoms with Crippen LogP contribution in [0.25, 0.3) is 0 Å².